The highest BCUT2D eigenvalue weighted by Crippen LogP contribution is 2.24. The highest BCUT2D eigenvalue weighted by atomic mass is 16.1. The molecule has 1 amide bonds. The maximum Gasteiger partial charge on any atom is 0.252 e. The van der Waals surface area contributed by atoms with Crippen molar-refractivity contribution in [3.05, 3.63) is 107 Å². The van der Waals surface area contributed by atoms with Crippen LogP contribution < -0.4 is 10.2 Å². The summed E-state index contributed by atoms with van der Waals surface area (Å²) in [6.45, 7) is 7.45. The number of anilines is 2. The van der Waals surface area contributed by atoms with Gasteiger partial charge in [-0.2, -0.15) is 0 Å². The zero-order valence-electron chi connectivity index (χ0n) is 21.8. The molecule has 2 heterocycles. The summed E-state index contributed by atoms with van der Waals surface area (Å²) in [6, 6.07) is 26.6. The minimum absolute atomic E-state index is 0.0837. The van der Waals surface area contributed by atoms with Crippen LogP contribution in [0.3, 0.4) is 0 Å². The molecule has 1 aliphatic heterocycles. The molecule has 0 fully saturated rings. The van der Waals surface area contributed by atoms with Crippen LogP contribution in [0, 0.1) is 6.92 Å². The van der Waals surface area contributed by atoms with Crippen molar-refractivity contribution in [2.45, 2.75) is 39.4 Å². The Morgan fingerprint density at radius 1 is 0.919 bits per heavy atom. The van der Waals surface area contributed by atoms with Crippen LogP contribution in [-0.4, -0.2) is 45.7 Å². The maximum atomic E-state index is 12.8. The molecule has 1 N–H and O–H groups in total. The first-order chi connectivity index (χ1) is 18.0. The molecule has 7 heteroatoms. The van der Waals surface area contributed by atoms with Crippen molar-refractivity contribution in [1.82, 2.24) is 25.0 Å². The second-order valence-electron chi connectivity index (χ2n) is 9.72. The molecule has 1 atom stereocenters. The van der Waals surface area contributed by atoms with Gasteiger partial charge in [0, 0.05) is 56.6 Å². The summed E-state index contributed by atoms with van der Waals surface area (Å²) in [4.78, 5) is 17.5. The van der Waals surface area contributed by atoms with Crippen LogP contribution in [0.2, 0.25) is 0 Å². The zero-order chi connectivity index (χ0) is 25.8. The van der Waals surface area contributed by atoms with E-state index in [0.29, 0.717) is 5.56 Å². The van der Waals surface area contributed by atoms with Gasteiger partial charge in [-0.1, -0.05) is 48.5 Å². The lowest BCUT2D eigenvalue weighted by atomic mass is 10.1. The number of aromatic nitrogens is 3. The number of carbonyl (C=O) groups excluding carboxylic acids is 1. The van der Waals surface area contributed by atoms with Crippen molar-refractivity contribution < 1.29 is 4.79 Å². The summed E-state index contributed by atoms with van der Waals surface area (Å²) in [7, 11) is 2.09. The van der Waals surface area contributed by atoms with Crippen molar-refractivity contribution >= 4 is 17.3 Å². The number of rotatable bonds is 7. The number of para-hydroxylation sites is 1. The van der Waals surface area contributed by atoms with Gasteiger partial charge >= 0.3 is 0 Å². The van der Waals surface area contributed by atoms with Gasteiger partial charge < -0.3 is 14.8 Å². The molecule has 5 rings (SSSR count). The largest absolute Gasteiger partial charge is 0.345 e. The monoisotopic (exact) mass is 494 g/mol. The third kappa shape index (κ3) is 5.57. The Balaban J connectivity index is 1.20. The van der Waals surface area contributed by atoms with E-state index in [2.05, 4.69) is 85.5 Å². The fourth-order valence-corrected chi connectivity index (χ4v) is 4.92. The minimum Gasteiger partial charge on any atom is -0.345 e. The van der Waals surface area contributed by atoms with Crippen molar-refractivity contribution in [1.29, 1.82) is 0 Å². The van der Waals surface area contributed by atoms with Crippen molar-refractivity contribution in [3.8, 4) is 0 Å². The van der Waals surface area contributed by atoms with Crippen LogP contribution >= 0.6 is 0 Å². The molecule has 0 aliphatic carbocycles. The molecule has 190 valence electrons. The Morgan fingerprint density at radius 3 is 2.38 bits per heavy atom. The van der Waals surface area contributed by atoms with Gasteiger partial charge in [0.2, 0.25) is 0 Å². The number of carbonyl (C=O) groups is 1. The Morgan fingerprint density at radius 2 is 1.62 bits per heavy atom. The van der Waals surface area contributed by atoms with E-state index in [4.69, 9.17) is 0 Å². The lowest BCUT2D eigenvalue weighted by Crippen LogP contribution is -2.30. The number of aryl methyl sites for hydroxylation is 1. The summed E-state index contributed by atoms with van der Waals surface area (Å²) in [6.07, 6.45) is 0.834. The molecule has 0 saturated carbocycles. The summed E-state index contributed by atoms with van der Waals surface area (Å²) >= 11 is 0. The molecule has 3 aromatic carbocycles. The molecule has 1 aromatic heterocycles. The summed E-state index contributed by atoms with van der Waals surface area (Å²) < 4.78 is 2.18. The molecule has 0 radical (unpaired) electrons. The Kier molecular flexibility index (Phi) is 7.32. The van der Waals surface area contributed by atoms with E-state index < -0.39 is 0 Å². The SMILES string of the molecule is Cc1ccccc1C(=O)N[C@H](C)c1nnc2n1CCN(Cc1ccc(N(C)c3ccccc3)cc1)CC2. The number of nitrogens with zero attached hydrogens (tertiary/aromatic N) is 5. The number of hydrogen-bond donors (Lipinski definition) is 1. The second kappa shape index (κ2) is 11.0. The number of hydrogen-bond acceptors (Lipinski definition) is 5. The summed E-state index contributed by atoms with van der Waals surface area (Å²) in [5.74, 6) is 1.71. The topological polar surface area (TPSA) is 66.3 Å². The molecule has 4 aromatic rings. The standard InChI is InChI=1S/C30H34N6O/c1-22-9-7-8-12-27(22)30(37)31-23(2)29-33-32-28-17-18-35(19-20-36(28)29)21-24-13-15-26(16-14-24)34(3)25-10-5-4-6-11-25/h4-16,23H,17-21H2,1-3H3,(H,31,37)/t23-/m1/s1. The molecule has 0 spiro atoms. The highest BCUT2D eigenvalue weighted by molar-refractivity contribution is 5.95. The molecule has 37 heavy (non-hydrogen) atoms. The van der Waals surface area contributed by atoms with Gasteiger partial charge in [0.15, 0.2) is 5.82 Å². The van der Waals surface area contributed by atoms with E-state index in [0.717, 1.165) is 49.8 Å². The van der Waals surface area contributed by atoms with Gasteiger partial charge in [-0.25, -0.2) is 0 Å². The minimum atomic E-state index is -0.228. The number of benzene rings is 3. The van der Waals surface area contributed by atoms with Gasteiger partial charge in [-0.3, -0.25) is 9.69 Å². The molecule has 0 unspecified atom stereocenters. The third-order valence-corrected chi connectivity index (χ3v) is 7.15. The highest BCUT2D eigenvalue weighted by Gasteiger charge is 2.23. The third-order valence-electron chi connectivity index (χ3n) is 7.15. The zero-order valence-corrected chi connectivity index (χ0v) is 21.8. The number of amides is 1. The second-order valence-corrected chi connectivity index (χ2v) is 9.72. The van der Waals surface area contributed by atoms with Crippen LogP contribution in [0.1, 0.15) is 46.1 Å². The van der Waals surface area contributed by atoms with E-state index in [1.54, 1.807) is 0 Å². The van der Waals surface area contributed by atoms with E-state index >= 15 is 0 Å². The van der Waals surface area contributed by atoms with Crippen molar-refractivity contribution in [2.75, 3.05) is 25.0 Å². The molecule has 1 aliphatic rings. The number of nitrogens with one attached hydrogen (secondary N) is 1. The fourth-order valence-electron chi connectivity index (χ4n) is 4.92. The molecule has 0 bridgehead atoms. The van der Waals surface area contributed by atoms with Crippen LogP contribution in [0.4, 0.5) is 11.4 Å². The molecule has 0 saturated heterocycles. The van der Waals surface area contributed by atoms with Crippen molar-refractivity contribution in [3.63, 3.8) is 0 Å². The predicted molar refractivity (Wildman–Crippen MR) is 147 cm³/mol. The van der Waals surface area contributed by atoms with Gasteiger partial charge in [0.1, 0.15) is 5.82 Å². The van der Waals surface area contributed by atoms with E-state index in [1.165, 1.54) is 16.9 Å². The smallest absolute Gasteiger partial charge is 0.252 e. The van der Waals surface area contributed by atoms with Crippen molar-refractivity contribution in [2.24, 2.45) is 0 Å². The predicted octanol–water partition coefficient (Wildman–Crippen LogP) is 4.90. The van der Waals surface area contributed by atoms with Crippen LogP contribution in [0.15, 0.2) is 78.9 Å². The van der Waals surface area contributed by atoms with Gasteiger partial charge in [-0.05, 0) is 55.3 Å². The van der Waals surface area contributed by atoms with Crippen LogP contribution in [0.5, 0.6) is 0 Å². The van der Waals surface area contributed by atoms with E-state index in [-0.39, 0.29) is 11.9 Å². The Bertz CT molecular complexity index is 1350. The average molecular weight is 495 g/mol. The lowest BCUT2D eigenvalue weighted by Gasteiger charge is -2.22. The van der Waals surface area contributed by atoms with Crippen LogP contribution in [-0.2, 0) is 19.5 Å². The first-order valence-electron chi connectivity index (χ1n) is 12.9. The van der Waals surface area contributed by atoms with E-state index in [1.807, 2.05) is 44.2 Å². The maximum absolute atomic E-state index is 12.8. The fraction of sp³-hybridized carbons (Fsp3) is 0.300. The summed E-state index contributed by atoms with van der Waals surface area (Å²) in [5.41, 5.74) is 5.29. The summed E-state index contributed by atoms with van der Waals surface area (Å²) in [5, 5.41) is 12.0. The Labute approximate surface area is 218 Å². The molecule has 7 nitrogen and oxygen atoms in total. The van der Waals surface area contributed by atoms with Crippen LogP contribution in [0.25, 0.3) is 0 Å². The van der Waals surface area contributed by atoms with E-state index in [9.17, 15) is 4.79 Å². The number of fused-ring (bicyclic) bond motifs is 1. The quantitative estimate of drug-likeness (QED) is 0.396. The van der Waals surface area contributed by atoms with Gasteiger partial charge in [0.05, 0.1) is 6.04 Å². The molecular weight excluding hydrogens is 460 g/mol. The first-order valence-corrected chi connectivity index (χ1v) is 12.9. The van der Waals surface area contributed by atoms with Gasteiger partial charge in [-0.15, -0.1) is 10.2 Å². The normalized spacial score (nSPS) is 14.5. The van der Waals surface area contributed by atoms with Gasteiger partial charge in [0.25, 0.3) is 5.91 Å². The Hall–Kier alpha value is -3.97. The molecular formula is C30H34N6O. The average Bonchev–Trinajstić information content (AvgIpc) is 3.23. The lowest BCUT2D eigenvalue weighted by molar-refractivity contribution is 0.0937. The first kappa shape index (κ1) is 24.7.